The first-order valence-corrected chi connectivity index (χ1v) is 4.92. The summed E-state index contributed by atoms with van der Waals surface area (Å²) in [4.78, 5) is 0. The van der Waals surface area contributed by atoms with E-state index in [0.717, 1.165) is 5.92 Å². The Morgan fingerprint density at radius 2 is 1.82 bits per heavy atom. The summed E-state index contributed by atoms with van der Waals surface area (Å²) in [6, 6.07) is 0. The lowest BCUT2D eigenvalue weighted by molar-refractivity contribution is 0.540. The Kier molecular flexibility index (Phi) is 7.66. The zero-order chi connectivity index (χ0) is 8.53. The van der Waals surface area contributed by atoms with Crippen LogP contribution in [0.25, 0.3) is 0 Å². The minimum atomic E-state index is 0.880. The van der Waals surface area contributed by atoms with Gasteiger partial charge in [-0.05, 0) is 25.2 Å². The molecule has 0 unspecified atom stereocenters. The molecule has 0 saturated heterocycles. The summed E-state index contributed by atoms with van der Waals surface area (Å²) in [5, 5.41) is 0. The van der Waals surface area contributed by atoms with Crippen LogP contribution >= 0.6 is 0 Å². The van der Waals surface area contributed by atoms with Crippen molar-refractivity contribution in [1.82, 2.24) is 0 Å². The van der Waals surface area contributed by atoms with E-state index < -0.39 is 0 Å². The van der Waals surface area contributed by atoms with E-state index in [4.69, 9.17) is 0 Å². The van der Waals surface area contributed by atoms with Crippen LogP contribution in [-0.2, 0) is 0 Å². The van der Waals surface area contributed by atoms with Crippen LogP contribution in [0.3, 0.4) is 0 Å². The molecule has 11 heavy (non-hydrogen) atoms. The van der Waals surface area contributed by atoms with Gasteiger partial charge in [-0.2, -0.15) is 0 Å². The fraction of sp³-hybridized carbons (Fsp3) is 0.818. The van der Waals surface area contributed by atoms with Crippen LogP contribution in [0.1, 0.15) is 52.9 Å². The number of hydrogen-bond acceptors (Lipinski definition) is 0. The Hall–Kier alpha value is -0.260. The Labute approximate surface area is 71.7 Å². The molecular formula is C11H22. The van der Waals surface area contributed by atoms with Crippen LogP contribution in [0.5, 0.6) is 0 Å². The van der Waals surface area contributed by atoms with Gasteiger partial charge in [-0.25, -0.2) is 0 Å². The summed E-state index contributed by atoms with van der Waals surface area (Å²) in [7, 11) is 0. The quantitative estimate of drug-likeness (QED) is 0.398. The number of allylic oxidation sites excluding steroid dienone is 2. The molecule has 0 aliphatic carbocycles. The molecule has 0 rings (SSSR count). The third kappa shape index (κ3) is 9.74. The van der Waals surface area contributed by atoms with Gasteiger partial charge in [0.1, 0.15) is 0 Å². The van der Waals surface area contributed by atoms with Gasteiger partial charge in [0.25, 0.3) is 0 Å². The lowest BCUT2D eigenvalue weighted by atomic mass is 10.1. The summed E-state index contributed by atoms with van der Waals surface area (Å²) in [5.74, 6) is 0.880. The van der Waals surface area contributed by atoms with E-state index in [1.54, 1.807) is 0 Å². The van der Waals surface area contributed by atoms with Crippen molar-refractivity contribution >= 4 is 0 Å². The van der Waals surface area contributed by atoms with E-state index in [-0.39, 0.29) is 0 Å². The number of rotatable bonds is 6. The Morgan fingerprint density at radius 3 is 2.36 bits per heavy atom. The topological polar surface area (TPSA) is 0 Å². The van der Waals surface area contributed by atoms with Gasteiger partial charge in [-0.15, -0.1) is 0 Å². The average Bonchev–Trinajstić information content (AvgIpc) is 1.96. The lowest BCUT2D eigenvalue weighted by Crippen LogP contribution is -1.85. The third-order valence-electron chi connectivity index (χ3n) is 1.80. The summed E-state index contributed by atoms with van der Waals surface area (Å²) >= 11 is 0. The Balaban J connectivity index is 2.96. The van der Waals surface area contributed by atoms with Gasteiger partial charge in [0.15, 0.2) is 0 Å². The van der Waals surface area contributed by atoms with Crippen molar-refractivity contribution in [2.45, 2.75) is 52.9 Å². The molecule has 0 aromatic rings. The van der Waals surface area contributed by atoms with Gasteiger partial charge in [0.05, 0.1) is 0 Å². The molecular weight excluding hydrogens is 132 g/mol. The predicted molar refractivity (Wildman–Crippen MR) is 52.7 cm³/mol. The predicted octanol–water partition coefficient (Wildman–Crippen LogP) is 4.17. The van der Waals surface area contributed by atoms with Crippen LogP contribution in [0.2, 0.25) is 0 Å². The molecule has 0 heterocycles. The van der Waals surface area contributed by atoms with Crippen molar-refractivity contribution in [3.8, 4) is 0 Å². The molecule has 0 heteroatoms. The monoisotopic (exact) mass is 154 g/mol. The average molecular weight is 154 g/mol. The van der Waals surface area contributed by atoms with Crippen molar-refractivity contribution in [2.75, 3.05) is 0 Å². The molecule has 0 spiro atoms. The highest BCUT2D eigenvalue weighted by molar-refractivity contribution is 4.79. The molecule has 0 N–H and O–H groups in total. The molecule has 0 atom stereocenters. The van der Waals surface area contributed by atoms with Crippen molar-refractivity contribution in [3.05, 3.63) is 12.2 Å². The third-order valence-corrected chi connectivity index (χ3v) is 1.80. The molecule has 0 saturated carbocycles. The Bertz CT molecular complexity index is 90.2. The van der Waals surface area contributed by atoms with Gasteiger partial charge in [0.2, 0.25) is 0 Å². The van der Waals surface area contributed by atoms with Gasteiger partial charge in [-0.3, -0.25) is 0 Å². The molecule has 66 valence electrons. The molecule has 0 fully saturated rings. The second-order valence-corrected chi connectivity index (χ2v) is 3.56. The van der Waals surface area contributed by atoms with Gasteiger partial charge >= 0.3 is 0 Å². The molecule has 0 radical (unpaired) electrons. The highest BCUT2D eigenvalue weighted by Crippen LogP contribution is 2.08. The smallest absolute Gasteiger partial charge is 0.0351 e. The number of hydrogen-bond donors (Lipinski definition) is 0. The molecule has 0 aliphatic heterocycles. The summed E-state index contributed by atoms with van der Waals surface area (Å²) in [6.45, 7) is 6.77. The highest BCUT2D eigenvalue weighted by atomic mass is 14.0. The van der Waals surface area contributed by atoms with E-state index in [1.807, 2.05) is 0 Å². The normalized spacial score (nSPS) is 11.6. The van der Waals surface area contributed by atoms with Gasteiger partial charge < -0.3 is 0 Å². The van der Waals surface area contributed by atoms with Crippen LogP contribution in [0.15, 0.2) is 12.2 Å². The van der Waals surface area contributed by atoms with Gasteiger partial charge in [0, 0.05) is 0 Å². The van der Waals surface area contributed by atoms with E-state index in [2.05, 4.69) is 32.9 Å². The highest BCUT2D eigenvalue weighted by Gasteiger charge is 1.91. The van der Waals surface area contributed by atoms with Crippen LogP contribution in [0.4, 0.5) is 0 Å². The zero-order valence-electron chi connectivity index (χ0n) is 8.27. The first-order valence-electron chi connectivity index (χ1n) is 4.92. The van der Waals surface area contributed by atoms with Crippen molar-refractivity contribution < 1.29 is 0 Å². The molecule has 0 bridgehead atoms. The van der Waals surface area contributed by atoms with E-state index in [1.165, 1.54) is 32.1 Å². The SMILES string of the molecule is CCC=CCCCCC(C)C. The maximum Gasteiger partial charge on any atom is -0.0351 e. The minimum Gasteiger partial charge on any atom is -0.0888 e. The lowest BCUT2D eigenvalue weighted by Gasteiger charge is -2.01. The van der Waals surface area contributed by atoms with E-state index in [9.17, 15) is 0 Å². The molecule has 0 amide bonds. The van der Waals surface area contributed by atoms with Crippen LogP contribution < -0.4 is 0 Å². The van der Waals surface area contributed by atoms with Crippen molar-refractivity contribution in [3.63, 3.8) is 0 Å². The van der Waals surface area contributed by atoms with Gasteiger partial charge in [-0.1, -0.05) is 45.8 Å². The Morgan fingerprint density at radius 1 is 1.09 bits per heavy atom. The summed E-state index contributed by atoms with van der Waals surface area (Å²) in [5.41, 5.74) is 0. The fourth-order valence-electron chi connectivity index (χ4n) is 1.10. The molecule has 0 aromatic heterocycles. The van der Waals surface area contributed by atoms with Crippen molar-refractivity contribution in [1.29, 1.82) is 0 Å². The van der Waals surface area contributed by atoms with E-state index in [0.29, 0.717) is 0 Å². The fourth-order valence-corrected chi connectivity index (χ4v) is 1.10. The van der Waals surface area contributed by atoms with Crippen molar-refractivity contribution in [2.24, 2.45) is 5.92 Å². The summed E-state index contributed by atoms with van der Waals surface area (Å²) < 4.78 is 0. The second kappa shape index (κ2) is 7.84. The maximum absolute atomic E-state index is 2.31. The largest absolute Gasteiger partial charge is 0.0888 e. The zero-order valence-corrected chi connectivity index (χ0v) is 8.27. The second-order valence-electron chi connectivity index (χ2n) is 3.56. The molecule has 0 nitrogen and oxygen atoms in total. The number of unbranched alkanes of at least 4 members (excludes halogenated alkanes) is 2. The minimum absolute atomic E-state index is 0.880. The van der Waals surface area contributed by atoms with E-state index >= 15 is 0 Å². The van der Waals surface area contributed by atoms with Crippen LogP contribution in [0, 0.1) is 5.92 Å². The standard InChI is InChI=1S/C11H22/c1-4-5-6-7-8-9-10-11(2)3/h5-6,11H,4,7-10H2,1-3H3. The van der Waals surface area contributed by atoms with Crippen LogP contribution in [-0.4, -0.2) is 0 Å². The summed E-state index contributed by atoms with van der Waals surface area (Å²) in [6.07, 6.45) is 11.2. The first kappa shape index (κ1) is 10.7. The molecule has 0 aliphatic rings. The molecule has 0 aromatic carbocycles. The first-order chi connectivity index (χ1) is 5.27. The maximum atomic E-state index is 2.31.